The minimum absolute atomic E-state index is 0.0541. The quantitative estimate of drug-likeness (QED) is 0.792. The van der Waals surface area contributed by atoms with Gasteiger partial charge in [0.2, 0.25) is 5.91 Å². The second kappa shape index (κ2) is 4.80. The molecule has 2 N–H and O–H groups in total. The normalized spacial score (nSPS) is 14.7. The van der Waals surface area contributed by atoms with Crippen LogP contribution >= 0.6 is 0 Å². The van der Waals surface area contributed by atoms with E-state index < -0.39 is 0 Å². The molecule has 2 rings (SSSR count). The molecule has 1 aromatic rings. The third-order valence-electron chi connectivity index (χ3n) is 2.89. The van der Waals surface area contributed by atoms with Crippen LogP contribution in [0, 0.1) is 12.8 Å². The molecule has 0 saturated heterocycles. The monoisotopic (exact) mass is 251 g/mol. The highest BCUT2D eigenvalue weighted by Crippen LogP contribution is 2.28. The van der Waals surface area contributed by atoms with Crippen molar-refractivity contribution in [2.24, 2.45) is 5.92 Å². The second-order valence-corrected chi connectivity index (χ2v) is 4.88. The molecule has 1 saturated carbocycles. The molecular weight excluding hydrogens is 234 g/mol. The van der Waals surface area contributed by atoms with Gasteiger partial charge in [-0.3, -0.25) is 20.4 Å². The van der Waals surface area contributed by atoms with Crippen molar-refractivity contribution in [1.29, 1.82) is 0 Å². The standard InChI is InChI=1S/C12H17N3O3/c1-6(2)10-9(7(3)15-18-10)12(17)14-13-11(16)8-4-5-8/h6,8H,4-5H2,1-3H3,(H,13,16)(H,14,17). The van der Waals surface area contributed by atoms with E-state index in [0.29, 0.717) is 17.0 Å². The Labute approximate surface area is 105 Å². The number of aromatic nitrogens is 1. The molecule has 0 spiro atoms. The molecule has 6 heteroatoms. The first-order valence-corrected chi connectivity index (χ1v) is 6.07. The van der Waals surface area contributed by atoms with Crippen molar-refractivity contribution in [3.8, 4) is 0 Å². The minimum atomic E-state index is -0.383. The molecule has 0 aromatic carbocycles. The molecule has 0 unspecified atom stereocenters. The molecule has 2 amide bonds. The Hall–Kier alpha value is -1.85. The van der Waals surface area contributed by atoms with Gasteiger partial charge in [-0.05, 0) is 19.8 Å². The minimum Gasteiger partial charge on any atom is -0.360 e. The van der Waals surface area contributed by atoms with Crippen molar-refractivity contribution in [2.45, 2.75) is 39.5 Å². The van der Waals surface area contributed by atoms with Gasteiger partial charge in [-0.1, -0.05) is 19.0 Å². The zero-order chi connectivity index (χ0) is 13.3. The number of carbonyl (C=O) groups is 2. The zero-order valence-corrected chi connectivity index (χ0v) is 10.7. The van der Waals surface area contributed by atoms with E-state index >= 15 is 0 Å². The van der Waals surface area contributed by atoms with E-state index in [-0.39, 0.29) is 23.7 Å². The first kappa shape index (κ1) is 12.6. The molecule has 1 aliphatic carbocycles. The van der Waals surface area contributed by atoms with E-state index in [1.807, 2.05) is 13.8 Å². The van der Waals surface area contributed by atoms with Crippen molar-refractivity contribution in [3.05, 3.63) is 17.0 Å². The summed E-state index contributed by atoms with van der Waals surface area (Å²) in [4.78, 5) is 23.4. The number of carbonyl (C=O) groups excluding carboxylic acids is 2. The highest BCUT2D eigenvalue weighted by atomic mass is 16.5. The summed E-state index contributed by atoms with van der Waals surface area (Å²) in [5.74, 6) is 0.130. The van der Waals surface area contributed by atoms with E-state index in [2.05, 4.69) is 16.0 Å². The van der Waals surface area contributed by atoms with Gasteiger partial charge < -0.3 is 4.52 Å². The van der Waals surface area contributed by atoms with Crippen LogP contribution in [0.25, 0.3) is 0 Å². The summed E-state index contributed by atoms with van der Waals surface area (Å²) >= 11 is 0. The molecule has 1 aromatic heterocycles. The lowest BCUT2D eigenvalue weighted by molar-refractivity contribution is -0.123. The lowest BCUT2D eigenvalue weighted by Crippen LogP contribution is -2.42. The summed E-state index contributed by atoms with van der Waals surface area (Å²) < 4.78 is 5.12. The number of nitrogens with one attached hydrogen (secondary N) is 2. The van der Waals surface area contributed by atoms with Crippen LogP contribution < -0.4 is 10.9 Å². The van der Waals surface area contributed by atoms with E-state index in [1.54, 1.807) is 6.92 Å². The average Bonchev–Trinajstić information content (AvgIpc) is 3.08. The number of rotatable bonds is 3. The van der Waals surface area contributed by atoms with Gasteiger partial charge in [0.1, 0.15) is 5.56 Å². The first-order chi connectivity index (χ1) is 8.50. The fourth-order valence-electron chi connectivity index (χ4n) is 1.69. The van der Waals surface area contributed by atoms with Crippen LogP contribution in [0.3, 0.4) is 0 Å². The molecule has 0 aliphatic heterocycles. The van der Waals surface area contributed by atoms with Gasteiger partial charge in [-0.2, -0.15) is 0 Å². The molecule has 0 radical (unpaired) electrons. The smallest absolute Gasteiger partial charge is 0.275 e. The number of hydrogen-bond donors (Lipinski definition) is 2. The molecule has 1 heterocycles. The van der Waals surface area contributed by atoms with Crippen LogP contribution in [-0.2, 0) is 4.79 Å². The second-order valence-electron chi connectivity index (χ2n) is 4.88. The van der Waals surface area contributed by atoms with Crippen molar-refractivity contribution < 1.29 is 14.1 Å². The van der Waals surface area contributed by atoms with Gasteiger partial charge in [0.15, 0.2) is 5.76 Å². The largest absolute Gasteiger partial charge is 0.360 e. The van der Waals surface area contributed by atoms with E-state index in [0.717, 1.165) is 12.8 Å². The van der Waals surface area contributed by atoms with Crippen molar-refractivity contribution in [1.82, 2.24) is 16.0 Å². The Morgan fingerprint density at radius 2 is 2.00 bits per heavy atom. The van der Waals surface area contributed by atoms with Crippen LogP contribution in [0.4, 0.5) is 0 Å². The zero-order valence-electron chi connectivity index (χ0n) is 10.7. The van der Waals surface area contributed by atoms with Crippen molar-refractivity contribution >= 4 is 11.8 Å². The molecular formula is C12H17N3O3. The van der Waals surface area contributed by atoms with Crippen LogP contribution in [0.15, 0.2) is 4.52 Å². The SMILES string of the molecule is Cc1noc(C(C)C)c1C(=O)NNC(=O)C1CC1. The number of aryl methyl sites for hydroxylation is 1. The molecule has 18 heavy (non-hydrogen) atoms. The van der Waals surface area contributed by atoms with Crippen LogP contribution in [0.2, 0.25) is 0 Å². The Balaban J connectivity index is 2.03. The van der Waals surface area contributed by atoms with Gasteiger partial charge >= 0.3 is 0 Å². The van der Waals surface area contributed by atoms with Gasteiger partial charge in [0.05, 0.1) is 5.69 Å². The van der Waals surface area contributed by atoms with E-state index in [9.17, 15) is 9.59 Å². The predicted octanol–water partition coefficient (Wildman–Crippen LogP) is 1.28. The maximum atomic E-state index is 12.0. The highest BCUT2D eigenvalue weighted by molar-refractivity contribution is 5.97. The van der Waals surface area contributed by atoms with Crippen molar-refractivity contribution in [3.63, 3.8) is 0 Å². The predicted molar refractivity (Wildman–Crippen MR) is 63.7 cm³/mol. The number of hydrogen-bond acceptors (Lipinski definition) is 4. The molecule has 0 atom stereocenters. The third-order valence-corrected chi connectivity index (χ3v) is 2.89. The van der Waals surface area contributed by atoms with E-state index in [4.69, 9.17) is 4.52 Å². The Kier molecular flexibility index (Phi) is 3.36. The first-order valence-electron chi connectivity index (χ1n) is 6.07. The molecule has 1 fully saturated rings. The Morgan fingerprint density at radius 3 is 2.56 bits per heavy atom. The topological polar surface area (TPSA) is 84.2 Å². The fourth-order valence-corrected chi connectivity index (χ4v) is 1.69. The summed E-state index contributed by atoms with van der Waals surface area (Å²) in [7, 11) is 0. The third kappa shape index (κ3) is 2.52. The molecule has 0 bridgehead atoms. The van der Waals surface area contributed by atoms with Gasteiger partial charge in [-0.15, -0.1) is 0 Å². The lowest BCUT2D eigenvalue weighted by atomic mass is 10.1. The summed E-state index contributed by atoms with van der Waals surface area (Å²) in [6, 6.07) is 0. The number of amides is 2. The average molecular weight is 251 g/mol. The summed E-state index contributed by atoms with van der Waals surface area (Å²) in [5.41, 5.74) is 5.75. The van der Waals surface area contributed by atoms with Crippen LogP contribution in [-0.4, -0.2) is 17.0 Å². The van der Waals surface area contributed by atoms with Gasteiger partial charge in [-0.25, -0.2) is 0 Å². The lowest BCUT2D eigenvalue weighted by Gasteiger charge is -2.07. The molecule has 1 aliphatic rings. The molecule has 6 nitrogen and oxygen atoms in total. The number of nitrogens with zero attached hydrogens (tertiary/aromatic N) is 1. The highest BCUT2D eigenvalue weighted by Gasteiger charge is 2.30. The summed E-state index contributed by atoms with van der Waals surface area (Å²) in [5, 5.41) is 3.78. The van der Waals surface area contributed by atoms with Gasteiger partial charge in [0.25, 0.3) is 5.91 Å². The fraction of sp³-hybridized carbons (Fsp3) is 0.583. The summed E-state index contributed by atoms with van der Waals surface area (Å²) in [6.07, 6.45) is 1.79. The summed E-state index contributed by atoms with van der Waals surface area (Å²) in [6.45, 7) is 5.53. The van der Waals surface area contributed by atoms with Crippen LogP contribution in [0.5, 0.6) is 0 Å². The Morgan fingerprint density at radius 1 is 1.33 bits per heavy atom. The number of hydrazine groups is 1. The van der Waals surface area contributed by atoms with E-state index in [1.165, 1.54) is 0 Å². The van der Waals surface area contributed by atoms with Gasteiger partial charge in [0, 0.05) is 11.8 Å². The van der Waals surface area contributed by atoms with Crippen molar-refractivity contribution in [2.75, 3.05) is 0 Å². The van der Waals surface area contributed by atoms with Crippen LogP contribution in [0.1, 0.15) is 54.4 Å². The maximum Gasteiger partial charge on any atom is 0.275 e. The maximum absolute atomic E-state index is 12.0. The Bertz CT molecular complexity index is 475. The molecule has 98 valence electrons.